The Morgan fingerprint density at radius 1 is 1.07 bits per heavy atom. The van der Waals surface area contributed by atoms with Gasteiger partial charge in [0.15, 0.2) is 0 Å². The van der Waals surface area contributed by atoms with E-state index >= 15 is 0 Å². The van der Waals surface area contributed by atoms with E-state index in [1.165, 1.54) is 6.07 Å². The number of aromatic nitrogens is 2. The van der Waals surface area contributed by atoms with Gasteiger partial charge in [-0.05, 0) is 61.7 Å². The van der Waals surface area contributed by atoms with Crippen LogP contribution in [0.5, 0.6) is 0 Å². The molecule has 2 heterocycles. The first-order valence-electron chi connectivity index (χ1n) is 9.93. The number of aryl methyl sites for hydroxylation is 3. The van der Waals surface area contributed by atoms with Crippen molar-refractivity contribution in [2.24, 2.45) is 0 Å². The Bertz CT molecular complexity index is 1340. The summed E-state index contributed by atoms with van der Waals surface area (Å²) in [6.45, 7) is 6.44. The molecule has 0 aliphatic rings. The van der Waals surface area contributed by atoms with Crippen LogP contribution in [0.2, 0.25) is 0 Å². The summed E-state index contributed by atoms with van der Waals surface area (Å²) in [5.41, 5.74) is 6.22. The minimum absolute atomic E-state index is 0.181. The molecule has 0 unspecified atom stereocenters. The predicted molar refractivity (Wildman–Crippen MR) is 119 cm³/mol. The zero-order valence-electron chi connectivity index (χ0n) is 17.3. The van der Waals surface area contributed by atoms with Crippen molar-refractivity contribution >= 4 is 22.4 Å². The first kappa shape index (κ1) is 19.7. The van der Waals surface area contributed by atoms with Crippen LogP contribution >= 0.6 is 0 Å². The Morgan fingerprint density at radius 3 is 2.40 bits per heavy atom. The van der Waals surface area contributed by atoms with Gasteiger partial charge in [0.1, 0.15) is 11.7 Å². The summed E-state index contributed by atoms with van der Waals surface area (Å²) >= 11 is 0. The number of fused-ring (bicyclic) bond motifs is 3. The number of imidazole rings is 1. The van der Waals surface area contributed by atoms with Crippen molar-refractivity contribution in [2.75, 3.05) is 11.9 Å². The number of nitriles is 1. The van der Waals surface area contributed by atoms with E-state index in [2.05, 4.69) is 17.5 Å². The molecular formula is C24H24N4O2. The predicted octanol–water partition coefficient (Wildman–Crippen LogP) is 3.52. The standard InChI is InChI=1S/C24H24N4O2/c1-15-8-16(2)10-18(9-15)26-13-19(29)14-27-21-6-4-5-7-22(21)28-23(30)11-17(3)20(12-25)24(27)28/h4-11,19,26,29H,13-14H2,1-3H3/t19-/m1/s1. The maximum Gasteiger partial charge on any atom is 0.257 e. The molecular weight excluding hydrogens is 376 g/mol. The quantitative estimate of drug-likeness (QED) is 0.537. The second-order valence-corrected chi connectivity index (χ2v) is 7.82. The number of pyridine rings is 1. The minimum atomic E-state index is -0.715. The van der Waals surface area contributed by atoms with Crippen molar-refractivity contribution in [2.45, 2.75) is 33.4 Å². The Labute approximate surface area is 174 Å². The molecule has 152 valence electrons. The Balaban J connectivity index is 1.74. The van der Waals surface area contributed by atoms with Crippen LogP contribution in [0.1, 0.15) is 22.3 Å². The van der Waals surface area contributed by atoms with Gasteiger partial charge >= 0.3 is 0 Å². The van der Waals surface area contributed by atoms with E-state index in [-0.39, 0.29) is 12.1 Å². The van der Waals surface area contributed by atoms with Crippen LogP contribution < -0.4 is 10.9 Å². The fourth-order valence-electron chi connectivity index (χ4n) is 4.11. The lowest BCUT2D eigenvalue weighted by Crippen LogP contribution is -2.25. The first-order valence-corrected chi connectivity index (χ1v) is 9.93. The highest BCUT2D eigenvalue weighted by atomic mass is 16.3. The molecule has 6 nitrogen and oxygen atoms in total. The van der Waals surface area contributed by atoms with Crippen molar-refractivity contribution in [3.8, 4) is 6.07 Å². The van der Waals surface area contributed by atoms with Crippen LogP contribution in [0.4, 0.5) is 5.69 Å². The van der Waals surface area contributed by atoms with Crippen molar-refractivity contribution in [1.82, 2.24) is 8.97 Å². The molecule has 4 rings (SSSR count). The second-order valence-electron chi connectivity index (χ2n) is 7.82. The molecule has 0 fully saturated rings. The van der Waals surface area contributed by atoms with E-state index in [0.29, 0.717) is 23.3 Å². The van der Waals surface area contributed by atoms with Gasteiger partial charge in [0.2, 0.25) is 0 Å². The van der Waals surface area contributed by atoms with Crippen LogP contribution in [0.25, 0.3) is 16.7 Å². The fourth-order valence-corrected chi connectivity index (χ4v) is 4.11. The van der Waals surface area contributed by atoms with Crippen molar-refractivity contribution in [1.29, 1.82) is 5.26 Å². The van der Waals surface area contributed by atoms with Gasteiger partial charge in [-0.1, -0.05) is 18.2 Å². The fraction of sp³-hybridized carbons (Fsp3) is 0.250. The number of nitrogens with one attached hydrogen (secondary N) is 1. The molecule has 1 atom stereocenters. The van der Waals surface area contributed by atoms with E-state index in [1.807, 2.05) is 54.8 Å². The molecule has 4 aromatic rings. The minimum Gasteiger partial charge on any atom is -0.389 e. The third-order valence-corrected chi connectivity index (χ3v) is 5.33. The van der Waals surface area contributed by atoms with Crippen molar-refractivity contribution in [3.05, 3.63) is 81.1 Å². The van der Waals surface area contributed by atoms with E-state index in [1.54, 1.807) is 11.3 Å². The summed E-state index contributed by atoms with van der Waals surface area (Å²) in [6.07, 6.45) is -0.715. The van der Waals surface area contributed by atoms with Gasteiger partial charge < -0.3 is 15.0 Å². The number of hydrogen-bond donors (Lipinski definition) is 2. The summed E-state index contributed by atoms with van der Waals surface area (Å²) in [4.78, 5) is 12.7. The summed E-state index contributed by atoms with van der Waals surface area (Å²) in [7, 11) is 0. The molecule has 6 heteroatoms. The first-order chi connectivity index (χ1) is 14.4. The van der Waals surface area contributed by atoms with Crippen molar-refractivity contribution < 1.29 is 5.11 Å². The van der Waals surface area contributed by atoms with Gasteiger partial charge in [-0.2, -0.15) is 5.26 Å². The molecule has 0 spiro atoms. The van der Waals surface area contributed by atoms with Crippen molar-refractivity contribution in [3.63, 3.8) is 0 Å². The zero-order chi connectivity index (χ0) is 21.4. The lowest BCUT2D eigenvalue weighted by atomic mass is 10.1. The van der Waals surface area contributed by atoms with Gasteiger partial charge in [0.25, 0.3) is 5.56 Å². The Hall–Kier alpha value is -3.56. The van der Waals surface area contributed by atoms with E-state index in [4.69, 9.17) is 0 Å². The van der Waals surface area contributed by atoms with E-state index < -0.39 is 6.10 Å². The highest BCUT2D eigenvalue weighted by molar-refractivity contribution is 5.84. The molecule has 0 saturated heterocycles. The highest BCUT2D eigenvalue weighted by Crippen LogP contribution is 2.24. The number of nitrogens with zero attached hydrogens (tertiary/aromatic N) is 3. The lowest BCUT2D eigenvalue weighted by molar-refractivity contribution is 0.169. The average molecular weight is 400 g/mol. The number of rotatable bonds is 5. The number of aliphatic hydroxyl groups is 1. The molecule has 2 aromatic carbocycles. The summed E-state index contributed by atoms with van der Waals surface area (Å²) in [5.74, 6) is 0. The van der Waals surface area contributed by atoms with Crippen LogP contribution in [0, 0.1) is 32.1 Å². The normalized spacial score (nSPS) is 12.2. The third-order valence-electron chi connectivity index (χ3n) is 5.33. The zero-order valence-corrected chi connectivity index (χ0v) is 17.3. The number of para-hydroxylation sites is 2. The molecule has 0 aliphatic heterocycles. The van der Waals surface area contributed by atoms with Gasteiger partial charge in [-0.3, -0.25) is 9.20 Å². The van der Waals surface area contributed by atoms with Gasteiger partial charge in [0, 0.05) is 18.3 Å². The summed E-state index contributed by atoms with van der Waals surface area (Å²) in [5, 5.41) is 23.8. The van der Waals surface area contributed by atoms with E-state index in [0.717, 1.165) is 27.8 Å². The highest BCUT2D eigenvalue weighted by Gasteiger charge is 2.19. The van der Waals surface area contributed by atoms with Crippen LogP contribution in [-0.4, -0.2) is 26.7 Å². The maximum atomic E-state index is 12.7. The molecule has 0 saturated carbocycles. The second kappa shape index (κ2) is 7.69. The van der Waals surface area contributed by atoms with Gasteiger partial charge in [0.05, 0.1) is 29.2 Å². The smallest absolute Gasteiger partial charge is 0.257 e. The molecule has 2 aromatic heterocycles. The third kappa shape index (κ3) is 3.44. The maximum absolute atomic E-state index is 12.7. The van der Waals surface area contributed by atoms with Gasteiger partial charge in [-0.25, -0.2) is 0 Å². The van der Waals surface area contributed by atoms with Crippen LogP contribution in [0.15, 0.2) is 53.3 Å². The Morgan fingerprint density at radius 2 is 1.73 bits per heavy atom. The lowest BCUT2D eigenvalue weighted by Gasteiger charge is -2.16. The van der Waals surface area contributed by atoms with E-state index in [9.17, 15) is 15.2 Å². The van der Waals surface area contributed by atoms with Gasteiger partial charge in [-0.15, -0.1) is 0 Å². The number of aliphatic hydroxyl groups excluding tert-OH is 1. The average Bonchev–Trinajstić information content (AvgIpc) is 3.01. The topological polar surface area (TPSA) is 82.5 Å². The molecule has 30 heavy (non-hydrogen) atoms. The summed E-state index contributed by atoms with van der Waals surface area (Å²) < 4.78 is 3.43. The number of benzene rings is 2. The number of hydrogen-bond acceptors (Lipinski definition) is 4. The number of anilines is 1. The SMILES string of the molecule is Cc1cc(C)cc(NC[C@@H](O)Cn2c3ccccc3n3c(=O)cc(C)c(C#N)c23)c1. The summed E-state index contributed by atoms with van der Waals surface area (Å²) in [6, 6.07) is 17.4. The largest absolute Gasteiger partial charge is 0.389 e. The molecule has 0 radical (unpaired) electrons. The molecule has 2 N–H and O–H groups in total. The Kier molecular flexibility index (Phi) is 5.06. The molecule has 0 aliphatic carbocycles. The van der Waals surface area contributed by atoms with Crippen LogP contribution in [0.3, 0.4) is 0 Å². The monoisotopic (exact) mass is 400 g/mol. The molecule has 0 amide bonds. The molecule has 0 bridgehead atoms. The van der Waals surface area contributed by atoms with Crippen LogP contribution in [-0.2, 0) is 6.54 Å².